The quantitative estimate of drug-likeness (QED) is 0.781. The number of hydrogen-bond donors (Lipinski definition) is 1. The van der Waals surface area contributed by atoms with Gasteiger partial charge in [0.15, 0.2) is 0 Å². The molecule has 1 N–H and O–H groups in total. The van der Waals surface area contributed by atoms with Gasteiger partial charge in [-0.2, -0.15) is 0 Å². The Morgan fingerprint density at radius 3 is 2.67 bits per heavy atom. The van der Waals surface area contributed by atoms with E-state index in [9.17, 15) is 4.79 Å². The van der Waals surface area contributed by atoms with Gasteiger partial charge < -0.3 is 10.2 Å². The minimum atomic E-state index is 0.166. The van der Waals surface area contributed by atoms with Gasteiger partial charge in [-0.15, -0.1) is 0 Å². The Morgan fingerprint density at radius 1 is 1.24 bits per heavy atom. The molecule has 0 aromatic rings. The van der Waals surface area contributed by atoms with Crippen LogP contribution in [-0.4, -0.2) is 61.0 Å². The fourth-order valence-electron chi connectivity index (χ4n) is 3.67. The van der Waals surface area contributed by atoms with Crippen molar-refractivity contribution in [3.05, 3.63) is 0 Å². The standard InChI is InChI=1S/C17H33N3O/c1-3-5-7-15(4-2)14-20-11-6-8-16(20)17(21)19-12-9-18-10-13-19/h15-16,18H,3-14H2,1-2H3. The molecule has 2 atom stereocenters. The van der Waals surface area contributed by atoms with Gasteiger partial charge in [0.2, 0.25) is 5.91 Å². The molecule has 2 rings (SSSR count). The van der Waals surface area contributed by atoms with Crippen molar-refractivity contribution >= 4 is 5.91 Å². The molecule has 0 spiro atoms. The van der Waals surface area contributed by atoms with E-state index in [1.165, 1.54) is 32.1 Å². The molecule has 21 heavy (non-hydrogen) atoms. The Bertz CT molecular complexity index is 315. The summed E-state index contributed by atoms with van der Waals surface area (Å²) in [6, 6.07) is 0.166. The van der Waals surface area contributed by atoms with E-state index in [1.807, 2.05) is 0 Å². The zero-order chi connectivity index (χ0) is 15.1. The first-order chi connectivity index (χ1) is 10.3. The van der Waals surface area contributed by atoms with E-state index in [2.05, 4.69) is 29.0 Å². The van der Waals surface area contributed by atoms with Crippen LogP contribution in [0.15, 0.2) is 0 Å². The maximum Gasteiger partial charge on any atom is 0.240 e. The van der Waals surface area contributed by atoms with Gasteiger partial charge in [0.05, 0.1) is 6.04 Å². The van der Waals surface area contributed by atoms with Crippen LogP contribution in [0, 0.1) is 5.92 Å². The van der Waals surface area contributed by atoms with E-state index in [1.54, 1.807) is 0 Å². The first-order valence-electron chi connectivity index (χ1n) is 8.99. The van der Waals surface area contributed by atoms with E-state index < -0.39 is 0 Å². The van der Waals surface area contributed by atoms with Gasteiger partial charge in [-0.25, -0.2) is 0 Å². The third-order valence-electron chi connectivity index (χ3n) is 5.11. The summed E-state index contributed by atoms with van der Waals surface area (Å²) in [6.07, 6.45) is 7.41. The van der Waals surface area contributed by atoms with Crippen molar-refractivity contribution in [3.8, 4) is 0 Å². The molecule has 2 aliphatic rings. The van der Waals surface area contributed by atoms with Crippen LogP contribution in [0.3, 0.4) is 0 Å². The van der Waals surface area contributed by atoms with E-state index in [0.29, 0.717) is 5.91 Å². The Balaban J connectivity index is 1.87. The molecule has 2 unspecified atom stereocenters. The van der Waals surface area contributed by atoms with Crippen molar-refractivity contribution in [2.24, 2.45) is 5.92 Å². The maximum absolute atomic E-state index is 12.8. The number of nitrogens with one attached hydrogen (secondary N) is 1. The summed E-state index contributed by atoms with van der Waals surface area (Å²) >= 11 is 0. The number of unbranched alkanes of at least 4 members (excludes halogenated alkanes) is 1. The highest BCUT2D eigenvalue weighted by Gasteiger charge is 2.34. The highest BCUT2D eigenvalue weighted by atomic mass is 16.2. The molecule has 0 bridgehead atoms. The van der Waals surface area contributed by atoms with E-state index in [0.717, 1.165) is 51.6 Å². The van der Waals surface area contributed by atoms with Gasteiger partial charge in [-0.3, -0.25) is 9.69 Å². The third-order valence-corrected chi connectivity index (χ3v) is 5.11. The van der Waals surface area contributed by atoms with Crippen molar-refractivity contribution in [3.63, 3.8) is 0 Å². The molecular formula is C17H33N3O. The summed E-state index contributed by atoms with van der Waals surface area (Å²) in [7, 11) is 0. The summed E-state index contributed by atoms with van der Waals surface area (Å²) in [4.78, 5) is 17.3. The summed E-state index contributed by atoms with van der Waals surface area (Å²) < 4.78 is 0. The fourth-order valence-corrected chi connectivity index (χ4v) is 3.67. The number of carbonyl (C=O) groups is 1. The van der Waals surface area contributed by atoms with Crippen molar-refractivity contribution in [2.75, 3.05) is 39.3 Å². The van der Waals surface area contributed by atoms with Crippen LogP contribution < -0.4 is 5.32 Å². The van der Waals surface area contributed by atoms with Gasteiger partial charge in [0.25, 0.3) is 0 Å². The lowest BCUT2D eigenvalue weighted by Gasteiger charge is -2.34. The highest BCUT2D eigenvalue weighted by molar-refractivity contribution is 5.82. The number of piperazine rings is 1. The van der Waals surface area contributed by atoms with Gasteiger partial charge in [0.1, 0.15) is 0 Å². The van der Waals surface area contributed by atoms with Gasteiger partial charge in [-0.05, 0) is 31.7 Å². The second kappa shape index (κ2) is 8.74. The molecule has 1 amide bonds. The summed E-state index contributed by atoms with van der Waals surface area (Å²) in [5.41, 5.74) is 0. The van der Waals surface area contributed by atoms with Crippen molar-refractivity contribution in [2.45, 2.75) is 58.4 Å². The molecule has 4 heteroatoms. The maximum atomic E-state index is 12.8. The third kappa shape index (κ3) is 4.68. The lowest BCUT2D eigenvalue weighted by atomic mass is 9.98. The Hall–Kier alpha value is -0.610. The molecule has 0 aromatic carbocycles. The number of hydrogen-bond acceptors (Lipinski definition) is 3. The topological polar surface area (TPSA) is 35.6 Å². The van der Waals surface area contributed by atoms with Crippen LogP contribution in [0.4, 0.5) is 0 Å². The predicted octanol–water partition coefficient (Wildman–Crippen LogP) is 2.10. The highest BCUT2D eigenvalue weighted by Crippen LogP contribution is 2.23. The molecule has 0 saturated carbocycles. The van der Waals surface area contributed by atoms with Crippen LogP contribution in [-0.2, 0) is 4.79 Å². The Kier molecular flexibility index (Phi) is 6.97. The first kappa shape index (κ1) is 16.8. The van der Waals surface area contributed by atoms with Gasteiger partial charge >= 0.3 is 0 Å². The Labute approximate surface area is 130 Å². The molecule has 0 radical (unpaired) electrons. The average molecular weight is 295 g/mol. The predicted molar refractivity (Wildman–Crippen MR) is 87.4 cm³/mol. The van der Waals surface area contributed by atoms with Crippen LogP contribution in [0.2, 0.25) is 0 Å². The number of likely N-dealkylation sites (tertiary alicyclic amines) is 1. The molecule has 0 aromatic heterocycles. The smallest absolute Gasteiger partial charge is 0.240 e. The van der Waals surface area contributed by atoms with Crippen LogP contribution in [0.5, 0.6) is 0 Å². The molecule has 2 aliphatic heterocycles. The summed E-state index contributed by atoms with van der Waals surface area (Å²) in [5.74, 6) is 1.15. The average Bonchev–Trinajstić information content (AvgIpc) is 2.99. The first-order valence-corrected chi connectivity index (χ1v) is 8.99. The lowest BCUT2D eigenvalue weighted by molar-refractivity contribution is -0.136. The molecule has 2 saturated heterocycles. The zero-order valence-corrected chi connectivity index (χ0v) is 13.9. The fraction of sp³-hybridized carbons (Fsp3) is 0.941. The van der Waals surface area contributed by atoms with Crippen molar-refractivity contribution in [1.82, 2.24) is 15.1 Å². The van der Waals surface area contributed by atoms with Crippen LogP contribution >= 0.6 is 0 Å². The molecule has 122 valence electrons. The number of rotatable bonds is 7. The minimum Gasteiger partial charge on any atom is -0.339 e. The van der Waals surface area contributed by atoms with Gasteiger partial charge in [0, 0.05) is 32.7 Å². The summed E-state index contributed by atoms with van der Waals surface area (Å²) in [5, 5.41) is 3.33. The number of carbonyl (C=O) groups excluding carboxylic acids is 1. The monoisotopic (exact) mass is 295 g/mol. The van der Waals surface area contributed by atoms with E-state index >= 15 is 0 Å². The molecular weight excluding hydrogens is 262 g/mol. The lowest BCUT2D eigenvalue weighted by Crippen LogP contribution is -2.53. The van der Waals surface area contributed by atoms with E-state index in [4.69, 9.17) is 0 Å². The van der Waals surface area contributed by atoms with Crippen LogP contribution in [0.25, 0.3) is 0 Å². The molecule has 4 nitrogen and oxygen atoms in total. The minimum absolute atomic E-state index is 0.166. The van der Waals surface area contributed by atoms with Crippen LogP contribution in [0.1, 0.15) is 52.4 Å². The SMILES string of the molecule is CCCCC(CC)CN1CCCC1C(=O)N1CCNCC1. The zero-order valence-electron chi connectivity index (χ0n) is 13.9. The summed E-state index contributed by atoms with van der Waals surface area (Å²) in [6.45, 7) is 10.5. The normalized spacial score (nSPS) is 25.2. The molecule has 2 fully saturated rings. The second-order valence-electron chi connectivity index (χ2n) is 6.64. The second-order valence-corrected chi connectivity index (χ2v) is 6.64. The molecule has 2 heterocycles. The van der Waals surface area contributed by atoms with E-state index in [-0.39, 0.29) is 6.04 Å². The van der Waals surface area contributed by atoms with Crippen molar-refractivity contribution in [1.29, 1.82) is 0 Å². The molecule has 0 aliphatic carbocycles. The van der Waals surface area contributed by atoms with Gasteiger partial charge in [-0.1, -0.05) is 33.1 Å². The largest absolute Gasteiger partial charge is 0.339 e. The number of nitrogens with zero attached hydrogens (tertiary/aromatic N) is 2. The van der Waals surface area contributed by atoms with Crippen molar-refractivity contribution < 1.29 is 4.79 Å². The Morgan fingerprint density at radius 2 is 2.00 bits per heavy atom. The number of amides is 1.